The van der Waals surface area contributed by atoms with E-state index in [0.29, 0.717) is 5.75 Å². The number of fused-ring (bicyclic) bond motifs is 1. The molecule has 4 heteroatoms. The predicted molar refractivity (Wildman–Crippen MR) is 94.8 cm³/mol. The number of hydrazone groups is 1. The van der Waals surface area contributed by atoms with Crippen LogP contribution in [0.3, 0.4) is 0 Å². The number of hydrogen-bond acceptors (Lipinski definition) is 3. The third kappa shape index (κ3) is 5.74. The number of ether oxygens (including phenoxy) is 1. The Hall–Kier alpha value is -2.36. The molecule has 122 valence electrons. The minimum atomic E-state index is -0.243. The number of carbonyl (C=O) groups is 1. The van der Waals surface area contributed by atoms with Crippen molar-refractivity contribution in [2.45, 2.75) is 39.5 Å². The van der Waals surface area contributed by atoms with Crippen LogP contribution in [0.15, 0.2) is 47.6 Å². The van der Waals surface area contributed by atoms with Crippen molar-refractivity contribution in [3.63, 3.8) is 0 Å². The lowest BCUT2D eigenvalue weighted by Gasteiger charge is -2.07. The number of unbranched alkanes of at least 4 members (excludes halogenated alkanes) is 2. The zero-order valence-corrected chi connectivity index (χ0v) is 13.8. The fourth-order valence-electron chi connectivity index (χ4n) is 2.28. The number of carbonyl (C=O) groups excluding carboxylic acids is 1. The highest BCUT2D eigenvalue weighted by Gasteiger charge is 2.03. The molecule has 0 saturated carbocycles. The first kappa shape index (κ1) is 17.0. The molecule has 0 fully saturated rings. The summed E-state index contributed by atoms with van der Waals surface area (Å²) in [6.07, 6.45) is 4.39. The van der Waals surface area contributed by atoms with Crippen molar-refractivity contribution < 1.29 is 9.53 Å². The van der Waals surface area contributed by atoms with E-state index in [9.17, 15) is 4.79 Å². The molecule has 2 aromatic carbocycles. The standard InChI is InChI=1S/C19H24N2O2/c1-3-4-5-8-15(2)20-21-19(22)14-23-18-12-11-16-9-6-7-10-17(16)13-18/h6-7,9-13H,3-5,8,14H2,1-2H3,(H,21,22)/b20-15+. The van der Waals surface area contributed by atoms with Crippen molar-refractivity contribution in [1.82, 2.24) is 5.43 Å². The molecule has 2 aromatic rings. The summed E-state index contributed by atoms with van der Waals surface area (Å²) in [5.41, 5.74) is 3.48. The van der Waals surface area contributed by atoms with Crippen LogP contribution in [-0.2, 0) is 4.79 Å². The average Bonchev–Trinajstić information content (AvgIpc) is 2.58. The van der Waals surface area contributed by atoms with Gasteiger partial charge in [-0.1, -0.05) is 50.1 Å². The summed E-state index contributed by atoms with van der Waals surface area (Å²) in [6, 6.07) is 13.8. The number of amides is 1. The summed E-state index contributed by atoms with van der Waals surface area (Å²) >= 11 is 0. The van der Waals surface area contributed by atoms with Gasteiger partial charge in [-0.2, -0.15) is 5.10 Å². The number of hydrogen-bond donors (Lipinski definition) is 1. The second kappa shape index (κ2) is 8.93. The summed E-state index contributed by atoms with van der Waals surface area (Å²) < 4.78 is 5.53. The van der Waals surface area contributed by atoms with Gasteiger partial charge in [0, 0.05) is 5.71 Å². The maximum atomic E-state index is 11.8. The molecule has 0 heterocycles. The van der Waals surface area contributed by atoms with Crippen molar-refractivity contribution >= 4 is 22.4 Å². The molecule has 0 saturated heterocycles. The van der Waals surface area contributed by atoms with Gasteiger partial charge < -0.3 is 4.74 Å². The lowest BCUT2D eigenvalue weighted by Crippen LogP contribution is -2.25. The second-order valence-electron chi connectivity index (χ2n) is 5.64. The van der Waals surface area contributed by atoms with E-state index in [1.807, 2.05) is 49.4 Å². The largest absolute Gasteiger partial charge is 0.484 e. The average molecular weight is 312 g/mol. The van der Waals surface area contributed by atoms with Crippen molar-refractivity contribution in [2.24, 2.45) is 5.10 Å². The minimum absolute atomic E-state index is 0.0376. The van der Waals surface area contributed by atoms with E-state index in [1.54, 1.807) is 0 Å². The van der Waals surface area contributed by atoms with E-state index in [4.69, 9.17) is 4.74 Å². The molecule has 1 N–H and O–H groups in total. The van der Waals surface area contributed by atoms with Gasteiger partial charge in [-0.05, 0) is 42.7 Å². The summed E-state index contributed by atoms with van der Waals surface area (Å²) in [5, 5.41) is 6.34. The first-order valence-corrected chi connectivity index (χ1v) is 8.12. The van der Waals surface area contributed by atoms with Gasteiger partial charge in [0.15, 0.2) is 6.61 Å². The number of nitrogens with one attached hydrogen (secondary N) is 1. The van der Waals surface area contributed by atoms with Crippen LogP contribution in [0.25, 0.3) is 10.8 Å². The van der Waals surface area contributed by atoms with Crippen LogP contribution in [0.2, 0.25) is 0 Å². The molecule has 0 aromatic heterocycles. The Kier molecular flexibility index (Phi) is 6.60. The fraction of sp³-hybridized carbons (Fsp3) is 0.368. The van der Waals surface area contributed by atoms with Crippen LogP contribution in [0.4, 0.5) is 0 Å². The second-order valence-corrected chi connectivity index (χ2v) is 5.64. The van der Waals surface area contributed by atoms with Crippen molar-refractivity contribution in [2.75, 3.05) is 6.61 Å². The molecule has 0 spiro atoms. The third-order valence-corrected chi connectivity index (χ3v) is 3.60. The Balaban J connectivity index is 1.80. The molecular formula is C19H24N2O2. The third-order valence-electron chi connectivity index (χ3n) is 3.60. The molecule has 0 unspecified atom stereocenters. The smallest absolute Gasteiger partial charge is 0.277 e. The Morgan fingerprint density at radius 3 is 2.70 bits per heavy atom. The van der Waals surface area contributed by atoms with Crippen LogP contribution < -0.4 is 10.2 Å². The van der Waals surface area contributed by atoms with E-state index in [2.05, 4.69) is 17.5 Å². The molecule has 1 amide bonds. The Morgan fingerprint density at radius 2 is 1.91 bits per heavy atom. The topological polar surface area (TPSA) is 50.7 Å². The number of rotatable bonds is 8. The molecule has 0 bridgehead atoms. The molecule has 4 nitrogen and oxygen atoms in total. The Bertz CT molecular complexity index is 680. The van der Waals surface area contributed by atoms with Crippen LogP contribution in [0.1, 0.15) is 39.5 Å². The highest BCUT2D eigenvalue weighted by Crippen LogP contribution is 2.20. The first-order chi connectivity index (χ1) is 11.2. The van der Waals surface area contributed by atoms with E-state index >= 15 is 0 Å². The van der Waals surface area contributed by atoms with Gasteiger partial charge >= 0.3 is 0 Å². The number of nitrogens with zero attached hydrogens (tertiary/aromatic N) is 1. The first-order valence-electron chi connectivity index (χ1n) is 8.12. The molecule has 2 rings (SSSR count). The van der Waals surface area contributed by atoms with Gasteiger partial charge in [-0.15, -0.1) is 0 Å². The zero-order valence-electron chi connectivity index (χ0n) is 13.8. The molecule has 23 heavy (non-hydrogen) atoms. The lowest BCUT2D eigenvalue weighted by molar-refractivity contribution is -0.123. The van der Waals surface area contributed by atoms with E-state index < -0.39 is 0 Å². The monoisotopic (exact) mass is 312 g/mol. The van der Waals surface area contributed by atoms with Crippen LogP contribution in [0, 0.1) is 0 Å². The SMILES string of the molecule is CCCCC/C(C)=N/NC(=O)COc1ccc2ccccc2c1. The van der Waals surface area contributed by atoms with Crippen LogP contribution >= 0.6 is 0 Å². The highest BCUT2D eigenvalue weighted by atomic mass is 16.5. The summed E-state index contributed by atoms with van der Waals surface area (Å²) in [4.78, 5) is 11.8. The quantitative estimate of drug-likeness (QED) is 0.449. The highest BCUT2D eigenvalue weighted by molar-refractivity contribution is 5.85. The molecule has 0 aliphatic heterocycles. The van der Waals surface area contributed by atoms with E-state index in [0.717, 1.165) is 29.3 Å². The van der Waals surface area contributed by atoms with Gasteiger partial charge in [-0.25, -0.2) is 5.43 Å². The Morgan fingerprint density at radius 1 is 1.13 bits per heavy atom. The molecular weight excluding hydrogens is 288 g/mol. The van der Waals surface area contributed by atoms with Gasteiger partial charge in [0.25, 0.3) is 5.91 Å². The van der Waals surface area contributed by atoms with Gasteiger partial charge in [0.2, 0.25) is 0 Å². The maximum Gasteiger partial charge on any atom is 0.277 e. The van der Waals surface area contributed by atoms with Gasteiger partial charge in [0.05, 0.1) is 0 Å². The summed E-state index contributed by atoms with van der Waals surface area (Å²) in [5.74, 6) is 0.440. The van der Waals surface area contributed by atoms with Crippen molar-refractivity contribution in [3.8, 4) is 5.75 Å². The molecule has 0 aliphatic rings. The van der Waals surface area contributed by atoms with Gasteiger partial charge in [-0.3, -0.25) is 4.79 Å². The molecule has 0 atom stereocenters. The fourth-order valence-corrected chi connectivity index (χ4v) is 2.28. The summed E-state index contributed by atoms with van der Waals surface area (Å²) in [6.45, 7) is 4.06. The maximum absolute atomic E-state index is 11.8. The minimum Gasteiger partial charge on any atom is -0.484 e. The van der Waals surface area contributed by atoms with Gasteiger partial charge in [0.1, 0.15) is 5.75 Å². The lowest BCUT2D eigenvalue weighted by atomic mass is 10.1. The van der Waals surface area contributed by atoms with Crippen molar-refractivity contribution in [1.29, 1.82) is 0 Å². The molecule has 0 aliphatic carbocycles. The van der Waals surface area contributed by atoms with E-state index in [-0.39, 0.29) is 12.5 Å². The Labute approximate surface area is 137 Å². The molecule has 0 radical (unpaired) electrons. The summed E-state index contributed by atoms with van der Waals surface area (Å²) in [7, 11) is 0. The zero-order chi connectivity index (χ0) is 16.5. The number of benzene rings is 2. The van der Waals surface area contributed by atoms with Crippen LogP contribution in [0.5, 0.6) is 5.75 Å². The van der Waals surface area contributed by atoms with Crippen molar-refractivity contribution in [3.05, 3.63) is 42.5 Å². The predicted octanol–water partition coefficient (Wildman–Crippen LogP) is 4.29. The normalized spacial score (nSPS) is 11.5. The van der Waals surface area contributed by atoms with Crippen LogP contribution in [-0.4, -0.2) is 18.2 Å². The van der Waals surface area contributed by atoms with E-state index in [1.165, 1.54) is 12.8 Å².